The molecule has 0 radical (unpaired) electrons. The third-order valence-electron chi connectivity index (χ3n) is 9.50. The molecule has 0 spiro atoms. The molecular weight excluding hydrogens is 614 g/mol. The molecule has 3 heterocycles. The molecule has 0 saturated carbocycles. The van der Waals surface area contributed by atoms with E-state index in [0.717, 1.165) is 16.7 Å². The Morgan fingerprint density at radius 2 is 1.77 bits per heavy atom. The van der Waals surface area contributed by atoms with Crippen LogP contribution in [0.15, 0.2) is 78.9 Å². The lowest BCUT2D eigenvalue weighted by atomic mass is 9.82. The van der Waals surface area contributed by atoms with Gasteiger partial charge in [-0.2, -0.15) is 0 Å². The van der Waals surface area contributed by atoms with Gasteiger partial charge in [0.25, 0.3) is 5.91 Å². The van der Waals surface area contributed by atoms with Gasteiger partial charge in [-0.1, -0.05) is 55.5 Å². The third-order valence-corrected chi connectivity index (χ3v) is 9.50. The van der Waals surface area contributed by atoms with Gasteiger partial charge >= 0.3 is 5.97 Å². The van der Waals surface area contributed by atoms with Crippen LogP contribution in [0.2, 0.25) is 0 Å². The van der Waals surface area contributed by atoms with Crippen molar-refractivity contribution < 1.29 is 38.9 Å². The highest BCUT2D eigenvalue weighted by Crippen LogP contribution is 2.47. The smallest absolute Gasteiger partial charge is 0.304 e. The van der Waals surface area contributed by atoms with E-state index in [1.54, 1.807) is 66.4 Å². The summed E-state index contributed by atoms with van der Waals surface area (Å²) in [6.07, 6.45) is 3.47. The van der Waals surface area contributed by atoms with E-state index in [4.69, 9.17) is 9.47 Å². The molecule has 3 aromatic rings. The van der Waals surface area contributed by atoms with Crippen molar-refractivity contribution in [2.45, 2.75) is 64.1 Å². The Balaban J connectivity index is 1.19. The molecule has 2 N–H and O–H groups in total. The molecule has 1 unspecified atom stereocenters. The zero-order chi connectivity index (χ0) is 34.2. The average molecular weight is 654 g/mol. The van der Waals surface area contributed by atoms with Crippen LogP contribution in [0.5, 0.6) is 5.75 Å². The summed E-state index contributed by atoms with van der Waals surface area (Å²) in [5.74, 6) is -1.51. The summed E-state index contributed by atoms with van der Waals surface area (Å²) >= 11 is 0. The van der Waals surface area contributed by atoms with E-state index >= 15 is 0 Å². The van der Waals surface area contributed by atoms with Crippen molar-refractivity contribution in [3.63, 3.8) is 0 Å². The maximum atomic E-state index is 14.1. The molecule has 3 aromatic carbocycles. The molecule has 0 aliphatic carbocycles. The molecule has 48 heavy (non-hydrogen) atoms. The van der Waals surface area contributed by atoms with Gasteiger partial charge in [0.2, 0.25) is 11.8 Å². The van der Waals surface area contributed by atoms with Crippen molar-refractivity contribution in [3.05, 3.63) is 101 Å². The summed E-state index contributed by atoms with van der Waals surface area (Å²) in [6, 6.07) is 19.7. The van der Waals surface area contributed by atoms with Crippen LogP contribution in [0.1, 0.15) is 48.9 Å². The molecule has 1 fully saturated rings. The molecule has 11 nitrogen and oxygen atoms in total. The fourth-order valence-corrected chi connectivity index (χ4v) is 6.81. The van der Waals surface area contributed by atoms with Crippen molar-refractivity contribution in [1.29, 1.82) is 0 Å². The molecule has 0 aromatic heterocycles. The first-order chi connectivity index (χ1) is 23.0. The van der Waals surface area contributed by atoms with E-state index < -0.39 is 29.6 Å². The highest BCUT2D eigenvalue weighted by molar-refractivity contribution is 6.07. The van der Waals surface area contributed by atoms with Gasteiger partial charge in [-0.05, 0) is 53.4 Å². The van der Waals surface area contributed by atoms with Gasteiger partial charge in [-0.25, -0.2) is 0 Å². The second-order valence-electron chi connectivity index (χ2n) is 12.5. The number of hydrogen-bond acceptors (Lipinski definition) is 8. The Kier molecular flexibility index (Phi) is 9.09. The second-order valence-corrected chi connectivity index (χ2v) is 12.5. The number of ether oxygens (including phenoxy) is 2. The van der Waals surface area contributed by atoms with E-state index in [0.29, 0.717) is 35.7 Å². The Morgan fingerprint density at radius 3 is 2.44 bits per heavy atom. The number of hydrogen-bond donors (Lipinski definition) is 2. The fraction of sp³-hybridized carbons (Fsp3) is 0.351. The molecular formula is C37H39N3O8. The monoisotopic (exact) mass is 653 g/mol. The molecule has 11 heteroatoms. The van der Waals surface area contributed by atoms with Crippen LogP contribution >= 0.6 is 0 Å². The van der Waals surface area contributed by atoms with Gasteiger partial charge in [0.1, 0.15) is 5.75 Å². The number of aliphatic hydroxyl groups is 2. The second kappa shape index (κ2) is 13.2. The Bertz CT molecular complexity index is 1770. The Labute approximate surface area is 279 Å². The largest absolute Gasteiger partial charge is 0.497 e. The van der Waals surface area contributed by atoms with Crippen LogP contribution in [-0.2, 0) is 49.0 Å². The molecule has 250 valence electrons. The van der Waals surface area contributed by atoms with Crippen molar-refractivity contribution >= 4 is 35.1 Å². The number of carbonyl (C=O) groups excluding carboxylic acids is 4. The Hall–Kier alpha value is -5.00. The minimum Gasteiger partial charge on any atom is -0.497 e. The van der Waals surface area contributed by atoms with Gasteiger partial charge in [0.05, 0.1) is 38.4 Å². The molecule has 1 saturated heterocycles. The predicted octanol–water partition coefficient (Wildman–Crippen LogP) is 3.58. The molecule has 3 aliphatic rings. The minimum absolute atomic E-state index is 0.0478. The van der Waals surface area contributed by atoms with Crippen LogP contribution < -0.4 is 14.5 Å². The topological polar surface area (TPSA) is 137 Å². The van der Waals surface area contributed by atoms with Crippen LogP contribution in [-0.4, -0.2) is 64.8 Å². The third kappa shape index (κ3) is 5.95. The first-order valence-corrected chi connectivity index (χ1v) is 16.0. The van der Waals surface area contributed by atoms with Gasteiger partial charge in [-0.15, -0.1) is 0 Å². The van der Waals surface area contributed by atoms with Crippen LogP contribution in [0, 0.1) is 5.92 Å². The molecule has 0 bridgehead atoms. The van der Waals surface area contributed by atoms with Crippen molar-refractivity contribution in [3.8, 4) is 5.75 Å². The maximum Gasteiger partial charge on any atom is 0.304 e. The number of β-lactam (4-membered cyclic amide) rings is 1. The summed E-state index contributed by atoms with van der Waals surface area (Å²) < 4.78 is 10.6. The zero-order valence-corrected chi connectivity index (χ0v) is 27.2. The number of fused-ring (bicyclic) bond motifs is 2. The molecule has 3 aliphatic heterocycles. The lowest BCUT2D eigenvalue weighted by molar-refractivity contribution is -0.154. The Morgan fingerprint density at radius 1 is 1.04 bits per heavy atom. The number of carbonyl (C=O) groups is 4. The summed E-state index contributed by atoms with van der Waals surface area (Å²) in [4.78, 5) is 55.6. The van der Waals surface area contributed by atoms with E-state index in [9.17, 15) is 29.4 Å². The molecule has 4 atom stereocenters. The lowest BCUT2D eigenvalue weighted by Gasteiger charge is -2.39. The normalized spacial score (nSPS) is 22.3. The average Bonchev–Trinajstić information content (AvgIpc) is 3.29. The van der Waals surface area contributed by atoms with Gasteiger partial charge in [0, 0.05) is 37.1 Å². The first-order valence-electron chi connectivity index (χ1n) is 16.0. The van der Waals surface area contributed by atoms with Gasteiger partial charge < -0.3 is 29.5 Å². The first kappa shape index (κ1) is 32.9. The standard InChI is InChI=1S/C37H39N3O8/c1-23(7-6-10-33(43)38-21-27-9-5-4-8-26(27)17-29(38)22-41)37(46)31-18-30(47-3)15-16-32(31)39(36(37)45)20-25-11-13-28(14-12-25)40-34(44)19-35(40)48-24(2)42/h4-9,11-16,18,23,29,35,41,46H,10,17,19-22H2,1-3H3/b7-6+/t23-,29+,35?,37+/m1/s1. The summed E-state index contributed by atoms with van der Waals surface area (Å²) in [5, 5.41) is 22.1. The summed E-state index contributed by atoms with van der Waals surface area (Å²) in [5.41, 5.74) is 2.51. The SMILES string of the molecule is COc1ccc2c(c1)[C@@](O)([C@H](C)/C=C/CC(=O)N1Cc3ccccc3C[C@H]1CO)C(=O)N2Cc1ccc(N2C(=O)CC2OC(C)=O)cc1. The van der Waals surface area contributed by atoms with Crippen molar-refractivity contribution in [2.24, 2.45) is 5.92 Å². The van der Waals surface area contributed by atoms with Crippen LogP contribution in [0.4, 0.5) is 11.4 Å². The van der Waals surface area contributed by atoms with Crippen molar-refractivity contribution in [2.75, 3.05) is 23.5 Å². The van der Waals surface area contributed by atoms with E-state index in [2.05, 4.69) is 0 Å². The quantitative estimate of drug-likeness (QED) is 0.193. The summed E-state index contributed by atoms with van der Waals surface area (Å²) in [6.45, 7) is 3.45. The fourth-order valence-electron chi connectivity index (χ4n) is 6.81. The van der Waals surface area contributed by atoms with Crippen LogP contribution in [0.3, 0.4) is 0 Å². The highest BCUT2D eigenvalue weighted by atomic mass is 16.6. The van der Waals surface area contributed by atoms with Crippen LogP contribution in [0.25, 0.3) is 0 Å². The van der Waals surface area contributed by atoms with E-state index in [-0.39, 0.29) is 43.8 Å². The number of nitrogens with zero attached hydrogens (tertiary/aromatic N) is 3. The minimum atomic E-state index is -1.93. The van der Waals surface area contributed by atoms with Gasteiger partial charge in [0.15, 0.2) is 11.8 Å². The number of esters is 1. The van der Waals surface area contributed by atoms with Crippen molar-refractivity contribution in [1.82, 2.24) is 4.90 Å². The number of rotatable bonds is 10. The zero-order valence-electron chi connectivity index (χ0n) is 27.2. The molecule has 3 amide bonds. The summed E-state index contributed by atoms with van der Waals surface area (Å²) in [7, 11) is 1.51. The number of anilines is 2. The highest BCUT2D eigenvalue weighted by Gasteiger charge is 2.52. The number of aliphatic hydroxyl groups excluding tert-OH is 1. The number of methoxy groups -OCH3 is 1. The number of amides is 3. The van der Waals surface area contributed by atoms with Gasteiger partial charge in [-0.3, -0.25) is 24.1 Å². The van der Waals surface area contributed by atoms with E-state index in [1.807, 2.05) is 24.3 Å². The van der Waals surface area contributed by atoms with E-state index in [1.165, 1.54) is 23.8 Å². The maximum absolute atomic E-state index is 14.1. The lowest BCUT2D eigenvalue weighted by Crippen LogP contribution is -2.54. The predicted molar refractivity (Wildman–Crippen MR) is 177 cm³/mol. The number of benzene rings is 3. The molecule has 6 rings (SSSR count).